The average molecular weight is 307 g/mol. The average Bonchev–Trinajstić information content (AvgIpc) is 3.16. The van der Waals surface area contributed by atoms with Crippen molar-refractivity contribution in [3.63, 3.8) is 0 Å². The molecule has 9 nitrogen and oxygen atoms in total. The van der Waals surface area contributed by atoms with Gasteiger partial charge in [0, 0.05) is 38.4 Å². The second-order valence-electron chi connectivity index (χ2n) is 5.01. The van der Waals surface area contributed by atoms with Crippen LogP contribution < -0.4 is 14.8 Å². The van der Waals surface area contributed by atoms with Crippen LogP contribution in [-0.2, 0) is 0 Å². The molecule has 0 saturated carbocycles. The van der Waals surface area contributed by atoms with Gasteiger partial charge in [-0.1, -0.05) is 0 Å². The van der Waals surface area contributed by atoms with Crippen LogP contribution in [0.3, 0.4) is 0 Å². The Morgan fingerprint density at radius 3 is 2.77 bits per heavy atom. The zero-order valence-corrected chi connectivity index (χ0v) is 12.2. The van der Waals surface area contributed by atoms with E-state index < -0.39 is 0 Å². The molecule has 0 bridgehead atoms. The third-order valence-electron chi connectivity index (χ3n) is 3.61. The van der Waals surface area contributed by atoms with Crippen LogP contribution in [-0.4, -0.2) is 71.2 Å². The smallest absolute Gasteiger partial charge is 0.328 e. The fourth-order valence-corrected chi connectivity index (χ4v) is 2.51. The summed E-state index contributed by atoms with van der Waals surface area (Å²) < 4.78 is 10.8. The van der Waals surface area contributed by atoms with Gasteiger partial charge in [0.05, 0.1) is 13.7 Å². The van der Waals surface area contributed by atoms with Gasteiger partial charge in [0.2, 0.25) is 0 Å². The van der Waals surface area contributed by atoms with E-state index in [2.05, 4.69) is 15.3 Å². The van der Waals surface area contributed by atoms with Gasteiger partial charge in [-0.3, -0.25) is 0 Å². The lowest BCUT2D eigenvalue weighted by atomic mass is 10.3. The van der Waals surface area contributed by atoms with E-state index in [-0.39, 0.29) is 18.2 Å². The van der Waals surface area contributed by atoms with Crippen molar-refractivity contribution in [2.24, 2.45) is 0 Å². The molecule has 1 N–H and O–H groups in total. The Kier molecular flexibility index (Phi) is 3.94. The number of nitrogens with zero attached hydrogens (tertiary/aromatic N) is 4. The summed E-state index contributed by atoms with van der Waals surface area (Å²) in [6.07, 6.45) is 3.51. The number of ether oxygens (including phenoxy) is 2. The van der Waals surface area contributed by atoms with Crippen molar-refractivity contribution in [2.75, 3.05) is 33.3 Å². The summed E-state index contributed by atoms with van der Waals surface area (Å²) in [5.74, 6) is 0.620. The molecule has 2 saturated heterocycles. The minimum Gasteiger partial charge on any atom is -0.477 e. The first-order valence-corrected chi connectivity index (χ1v) is 7.05. The van der Waals surface area contributed by atoms with Crippen molar-refractivity contribution in [3.05, 3.63) is 12.4 Å². The SMILES string of the molecule is COc1nccnc1O[C@H]1CCN(C(=O)N2CCNC2=O)C1. The minimum atomic E-state index is -0.343. The molecule has 4 amide bonds. The summed E-state index contributed by atoms with van der Waals surface area (Å²) >= 11 is 0. The number of nitrogens with one attached hydrogen (secondary N) is 1. The molecular formula is C13H17N5O4. The molecule has 3 heterocycles. The van der Waals surface area contributed by atoms with E-state index >= 15 is 0 Å². The van der Waals surface area contributed by atoms with Gasteiger partial charge in [-0.25, -0.2) is 24.5 Å². The Bertz CT molecular complexity index is 581. The number of likely N-dealkylation sites (tertiary alicyclic amines) is 1. The van der Waals surface area contributed by atoms with Gasteiger partial charge in [0.25, 0.3) is 11.8 Å². The summed E-state index contributed by atoms with van der Waals surface area (Å²) in [6, 6.07) is -0.628. The van der Waals surface area contributed by atoms with Crippen LogP contribution in [0.4, 0.5) is 9.59 Å². The molecule has 2 fully saturated rings. The van der Waals surface area contributed by atoms with Gasteiger partial charge in [-0.15, -0.1) is 0 Å². The van der Waals surface area contributed by atoms with E-state index in [1.165, 1.54) is 24.4 Å². The fourth-order valence-electron chi connectivity index (χ4n) is 2.51. The van der Waals surface area contributed by atoms with E-state index in [0.717, 1.165) is 0 Å². The van der Waals surface area contributed by atoms with E-state index in [1.54, 1.807) is 4.90 Å². The predicted octanol–water partition coefficient (Wildman–Crippen LogP) is 0.0835. The zero-order valence-electron chi connectivity index (χ0n) is 12.2. The molecule has 22 heavy (non-hydrogen) atoms. The number of carbonyl (C=O) groups is 2. The molecule has 2 aliphatic heterocycles. The zero-order chi connectivity index (χ0) is 15.5. The molecule has 1 aromatic rings. The van der Waals surface area contributed by atoms with Crippen LogP contribution in [0.2, 0.25) is 0 Å². The number of urea groups is 2. The third-order valence-corrected chi connectivity index (χ3v) is 3.61. The van der Waals surface area contributed by atoms with Crippen LogP contribution >= 0.6 is 0 Å². The lowest BCUT2D eigenvalue weighted by Crippen LogP contribution is -2.44. The maximum Gasteiger partial charge on any atom is 0.328 e. The molecule has 0 unspecified atom stereocenters. The molecule has 9 heteroatoms. The first-order chi connectivity index (χ1) is 10.7. The second kappa shape index (κ2) is 6.04. The molecule has 0 aromatic carbocycles. The topological polar surface area (TPSA) is 96.9 Å². The maximum absolute atomic E-state index is 12.3. The number of amides is 4. The number of aromatic nitrogens is 2. The summed E-state index contributed by atoms with van der Waals surface area (Å²) in [6.45, 7) is 1.84. The first kappa shape index (κ1) is 14.4. The Labute approximate surface area is 127 Å². The molecule has 1 aromatic heterocycles. The highest BCUT2D eigenvalue weighted by molar-refractivity contribution is 5.95. The summed E-state index contributed by atoms with van der Waals surface area (Å²) in [5, 5.41) is 2.61. The van der Waals surface area contributed by atoms with Crippen molar-refractivity contribution in [2.45, 2.75) is 12.5 Å². The molecule has 1 atom stereocenters. The molecule has 0 spiro atoms. The monoisotopic (exact) mass is 307 g/mol. The van der Waals surface area contributed by atoms with Crippen LogP contribution in [0.5, 0.6) is 11.8 Å². The van der Waals surface area contributed by atoms with Gasteiger partial charge in [-0.05, 0) is 0 Å². The highest BCUT2D eigenvalue weighted by Gasteiger charge is 2.35. The Morgan fingerprint density at radius 2 is 2.09 bits per heavy atom. The molecule has 3 rings (SSSR count). The highest BCUT2D eigenvalue weighted by Crippen LogP contribution is 2.24. The number of hydrogen-bond donors (Lipinski definition) is 1. The van der Waals surface area contributed by atoms with E-state index in [4.69, 9.17) is 9.47 Å². The fraction of sp³-hybridized carbons (Fsp3) is 0.538. The lowest BCUT2D eigenvalue weighted by Gasteiger charge is -2.21. The van der Waals surface area contributed by atoms with Crippen LogP contribution in [0, 0.1) is 0 Å². The first-order valence-electron chi connectivity index (χ1n) is 7.05. The number of imide groups is 1. The molecule has 118 valence electrons. The van der Waals surface area contributed by atoms with Gasteiger partial charge in [0.1, 0.15) is 6.10 Å². The highest BCUT2D eigenvalue weighted by atomic mass is 16.5. The lowest BCUT2D eigenvalue weighted by molar-refractivity contribution is 0.158. The Morgan fingerprint density at radius 1 is 1.32 bits per heavy atom. The molecule has 0 aliphatic carbocycles. The summed E-state index contributed by atoms with van der Waals surface area (Å²) in [5.41, 5.74) is 0. The van der Waals surface area contributed by atoms with Crippen molar-refractivity contribution in [1.29, 1.82) is 0 Å². The number of hydrogen-bond acceptors (Lipinski definition) is 6. The van der Waals surface area contributed by atoms with E-state index in [0.29, 0.717) is 44.4 Å². The van der Waals surface area contributed by atoms with Crippen molar-refractivity contribution < 1.29 is 19.1 Å². The third kappa shape index (κ3) is 2.74. The molecule has 2 aliphatic rings. The van der Waals surface area contributed by atoms with Gasteiger partial charge in [-0.2, -0.15) is 0 Å². The van der Waals surface area contributed by atoms with Crippen LogP contribution in [0.1, 0.15) is 6.42 Å². The van der Waals surface area contributed by atoms with Crippen LogP contribution in [0.25, 0.3) is 0 Å². The maximum atomic E-state index is 12.3. The van der Waals surface area contributed by atoms with E-state index in [1.807, 2.05) is 0 Å². The largest absolute Gasteiger partial charge is 0.477 e. The molecular weight excluding hydrogens is 290 g/mol. The molecule has 0 radical (unpaired) electrons. The van der Waals surface area contributed by atoms with Crippen molar-refractivity contribution in [3.8, 4) is 11.8 Å². The standard InChI is InChI=1S/C13H17N5O4/c1-21-10-11(15-4-3-14-10)22-9-2-6-17(8-9)13(20)18-7-5-16-12(18)19/h3-4,9H,2,5-8H2,1H3,(H,16,19)/t9-/m0/s1. The minimum absolute atomic E-state index is 0.194. The Balaban J connectivity index is 1.60. The number of carbonyl (C=O) groups excluding carboxylic acids is 2. The van der Waals surface area contributed by atoms with E-state index in [9.17, 15) is 9.59 Å². The number of methoxy groups -OCH3 is 1. The summed E-state index contributed by atoms with van der Waals surface area (Å²) in [7, 11) is 1.49. The summed E-state index contributed by atoms with van der Waals surface area (Å²) in [4.78, 5) is 34.7. The number of rotatable bonds is 3. The van der Waals surface area contributed by atoms with Gasteiger partial charge in [0.15, 0.2) is 0 Å². The quantitative estimate of drug-likeness (QED) is 0.849. The van der Waals surface area contributed by atoms with Gasteiger partial charge < -0.3 is 19.7 Å². The Hall–Kier alpha value is -2.58. The predicted molar refractivity (Wildman–Crippen MR) is 74.7 cm³/mol. The van der Waals surface area contributed by atoms with Crippen molar-refractivity contribution >= 4 is 12.1 Å². The normalized spacial score (nSPS) is 21.0. The van der Waals surface area contributed by atoms with Gasteiger partial charge >= 0.3 is 12.1 Å². The van der Waals surface area contributed by atoms with Crippen molar-refractivity contribution in [1.82, 2.24) is 25.1 Å². The second-order valence-corrected chi connectivity index (χ2v) is 5.01. The van der Waals surface area contributed by atoms with Crippen LogP contribution in [0.15, 0.2) is 12.4 Å².